The molecule has 0 radical (unpaired) electrons. The van der Waals surface area contributed by atoms with Gasteiger partial charge in [0.25, 0.3) is 0 Å². The average Bonchev–Trinajstić information content (AvgIpc) is 3.11. The van der Waals surface area contributed by atoms with Gasteiger partial charge in [0.15, 0.2) is 0 Å². The topological polar surface area (TPSA) is 57.6 Å². The second kappa shape index (κ2) is 5.87. The number of carboxylic acids is 1. The first-order valence-corrected chi connectivity index (χ1v) is 6.62. The van der Waals surface area contributed by atoms with Crippen LogP contribution in [0.5, 0.6) is 0 Å². The van der Waals surface area contributed by atoms with Crippen molar-refractivity contribution < 1.29 is 14.7 Å². The summed E-state index contributed by atoms with van der Waals surface area (Å²) < 4.78 is 0. The van der Waals surface area contributed by atoms with Crippen LogP contribution in [0, 0.1) is 11.8 Å². The van der Waals surface area contributed by atoms with Crippen molar-refractivity contribution >= 4 is 11.9 Å². The third kappa shape index (κ3) is 3.81. The molecule has 0 aliphatic heterocycles. The lowest BCUT2D eigenvalue weighted by atomic mass is 10.1. The van der Waals surface area contributed by atoms with Crippen LogP contribution in [0.2, 0.25) is 0 Å². The molecule has 0 spiro atoms. The third-order valence-corrected chi connectivity index (χ3v) is 3.58. The van der Waals surface area contributed by atoms with Gasteiger partial charge in [-0.1, -0.05) is 37.3 Å². The van der Waals surface area contributed by atoms with Crippen LogP contribution in [0.4, 0.5) is 0 Å². The third-order valence-electron chi connectivity index (χ3n) is 3.58. The molecule has 1 N–H and O–H groups in total. The highest BCUT2D eigenvalue weighted by atomic mass is 16.4. The quantitative estimate of drug-likeness (QED) is 0.849. The number of hydrogen-bond acceptors (Lipinski definition) is 2. The summed E-state index contributed by atoms with van der Waals surface area (Å²) in [5, 5.41) is 8.90. The summed E-state index contributed by atoms with van der Waals surface area (Å²) in [5.74, 6) is -0.517. The molecule has 0 heterocycles. The predicted octanol–water partition coefficient (Wildman–Crippen LogP) is 1.80. The van der Waals surface area contributed by atoms with Gasteiger partial charge in [0.05, 0.1) is 0 Å². The number of aliphatic carboxylic acids is 1. The first-order valence-electron chi connectivity index (χ1n) is 6.62. The maximum Gasteiger partial charge on any atom is 0.323 e. The Morgan fingerprint density at radius 2 is 1.95 bits per heavy atom. The Morgan fingerprint density at radius 3 is 2.47 bits per heavy atom. The maximum atomic E-state index is 12.1. The van der Waals surface area contributed by atoms with Gasteiger partial charge in [-0.15, -0.1) is 0 Å². The summed E-state index contributed by atoms with van der Waals surface area (Å²) in [4.78, 5) is 24.5. The van der Waals surface area contributed by atoms with Crippen molar-refractivity contribution in [2.24, 2.45) is 11.8 Å². The average molecular weight is 261 g/mol. The number of carbonyl (C=O) groups is 2. The summed E-state index contributed by atoms with van der Waals surface area (Å²) in [6, 6.07) is 9.81. The van der Waals surface area contributed by atoms with E-state index in [9.17, 15) is 9.59 Å². The Kier molecular flexibility index (Phi) is 4.20. The van der Waals surface area contributed by atoms with E-state index in [1.165, 1.54) is 4.90 Å². The fourth-order valence-corrected chi connectivity index (χ4v) is 2.24. The number of amides is 1. The summed E-state index contributed by atoms with van der Waals surface area (Å²) >= 11 is 0. The first kappa shape index (κ1) is 13.6. The molecule has 4 nitrogen and oxygen atoms in total. The number of carboxylic acid groups (broad SMARTS) is 1. The molecule has 1 saturated carbocycles. The van der Waals surface area contributed by atoms with Crippen molar-refractivity contribution in [3.8, 4) is 0 Å². The molecule has 0 saturated heterocycles. The molecule has 102 valence electrons. The van der Waals surface area contributed by atoms with E-state index in [0.717, 1.165) is 12.0 Å². The molecule has 4 heteroatoms. The molecule has 0 unspecified atom stereocenters. The fraction of sp³-hybridized carbons (Fsp3) is 0.467. The molecule has 2 atom stereocenters. The van der Waals surface area contributed by atoms with Gasteiger partial charge in [0, 0.05) is 12.5 Å². The molecule has 2 rings (SSSR count). The minimum Gasteiger partial charge on any atom is -0.480 e. The largest absolute Gasteiger partial charge is 0.480 e. The molecule has 19 heavy (non-hydrogen) atoms. The van der Waals surface area contributed by atoms with E-state index in [-0.39, 0.29) is 18.4 Å². The lowest BCUT2D eigenvalue weighted by Gasteiger charge is -2.20. The smallest absolute Gasteiger partial charge is 0.323 e. The van der Waals surface area contributed by atoms with Crippen LogP contribution in [0.25, 0.3) is 0 Å². The van der Waals surface area contributed by atoms with Gasteiger partial charge in [-0.3, -0.25) is 9.59 Å². The lowest BCUT2D eigenvalue weighted by Crippen LogP contribution is -2.38. The number of benzene rings is 1. The van der Waals surface area contributed by atoms with Crippen LogP contribution in [0.3, 0.4) is 0 Å². The van der Waals surface area contributed by atoms with Gasteiger partial charge >= 0.3 is 5.97 Å². The molecular weight excluding hydrogens is 242 g/mol. The molecule has 1 aromatic rings. The van der Waals surface area contributed by atoms with E-state index in [0.29, 0.717) is 18.9 Å². The summed E-state index contributed by atoms with van der Waals surface area (Å²) in [5.41, 5.74) is 1.12. The van der Waals surface area contributed by atoms with Crippen LogP contribution in [-0.2, 0) is 16.0 Å². The Balaban J connectivity index is 1.94. The minimum absolute atomic E-state index is 0.00849. The molecule has 1 fully saturated rings. The number of carbonyl (C=O) groups excluding carboxylic acids is 1. The molecule has 1 aliphatic carbocycles. The maximum absolute atomic E-state index is 12.1. The minimum atomic E-state index is -0.949. The van der Waals surface area contributed by atoms with E-state index >= 15 is 0 Å². The van der Waals surface area contributed by atoms with Crippen LogP contribution < -0.4 is 0 Å². The van der Waals surface area contributed by atoms with Crippen molar-refractivity contribution in [1.82, 2.24) is 4.90 Å². The monoisotopic (exact) mass is 261 g/mol. The number of hydrogen-bond donors (Lipinski definition) is 1. The standard InChI is InChI=1S/C15H19NO3/c1-11-9-13(11)15(19)16(10-14(17)18)8-7-12-5-3-2-4-6-12/h2-6,11,13H,7-10H2,1H3,(H,17,18)/t11-,13-/m0/s1. The summed E-state index contributed by atoms with van der Waals surface area (Å²) in [6.07, 6.45) is 1.58. The van der Waals surface area contributed by atoms with Crippen LogP contribution in [-0.4, -0.2) is 35.0 Å². The zero-order valence-electron chi connectivity index (χ0n) is 11.1. The Morgan fingerprint density at radius 1 is 1.32 bits per heavy atom. The van der Waals surface area contributed by atoms with Crippen LogP contribution in [0.1, 0.15) is 18.9 Å². The highest BCUT2D eigenvalue weighted by Gasteiger charge is 2.41. The molecule has 1 aliphatic rings. The van der Waals surface area contributed by atoms with Gasteiger partial charge in [0.1, 0.15) is 6.54 Å². The second-order valence-electron chi connectivity index (χ2n) is 5.21. The van der Waals surface area contributed by atoms with Crippen molar-refractivity contribution in [2.75, 3.05) is 13.1 Å². The molecule has 1 aromatic carbocycles. The summed E-state index contributed by atoms with van der Waals surface area (Å²) in [7, 11) is 0. The fourth-order valence-electron chi connectivity index (χ4n) is 2.24. The highest BCUT2D eigenvalue weighted by Crippen LogP contribution is 2.39. The van der Waals surface area contributed by atoms with Gasteiger partial charge in [-0.25, -0.2) is 0 Å². The Labute approximate surface area is 113 Å². The summed E-state index contributed by atoms with van der Waals surface area (Å²) in [6.45, 7) is 2.30. The van der Waals surface area contributed by atoms with Crippen molar-refractivity contribution in [3.63, 3.8) is 0 Å². The van der Waals surface area contributed by atoms with Gasteiger partial charge in [-0.05, 0) is 24.3 Å². The number of nitrogens with zero attached hydrogens (tertiary/aromatic N) is 1. The molecular formula is C15H19NO3. The first-order chi connectivity index (χ1) is 9.08. The molecule has 0 bridgehead atoms. The van der Waals surface area contributed by atoms with E-state index in [1.807, 2.05) is 37.3 Å². The Bertz CT molecular complexity index is 458. The molecule has 1 amide bonds. The van der Waals surface area contributed by atoms with Gasteiger partial charge in [0.2, 0.25) is 5.91 Å². The highest BCUT2D eigenvalue weighted by molar-refractivity contribution is 5.85. The van der Waals surface area contributed by atoms with E-state index in [4.69, 9.17) is 5.11 Å². The van der Waals surface area contributed by atoms with Crippen molar-refractivity contribution in [2.45, 2.75) is 19.8 Å². The predicted molar refractivity (Wildman–Crippen MR) is 71.6 cm³/mol. The second-order valence-corrected chi connectivity index (χ2v) is 5.21. The van der Waals surface area contributed by atoms with Gasteiger partial charge < -0.3 is 10.0 Å². The van der Waals surface area contributed by atoms with Crippen molar-refractivity contribution in [1.29, 1.82) is 0 Å². The van der Waals surface area contributed by atoms with Gasteiger partial charge in [-0.2, -0.15) is 0 Å². The zero-order chi connectivity index (χ0) is 13.8. The number of rotatable bonds is 6. The lowest BCUT2D eigenvalue weighted by molar-refractivity contribution is -0.145. The van der Waals surface area contributed by atoms with E-state index < -0.39 is 5.97 Å². The van der Waals surface area contributed by atoms with E-state index in [1.54, 1.807) is 0 Å². The normalized spacial score (nSPS) is 20.9. The molecule has 0 aromatic heterocycles. The SMILES string of the molecule is C[C@H]1C[C@@H]1C(=O)N(CCc1ccccc1)CC(=O)O. The Hall–Kier alpha value is -1.84. The van der Waals surface area contributed by atoms with Crippen molar-refractivity contribution in [3.05, 3.63) is 35.9 Å². The van der Waals surface area contributed by atoms with E-state index in [2.05, 4.69) is 0 Å². The van der Waals surface area contributed by atoms with Crippen LogP contribution in [0.15, 0.2) is 30.3 Å². The van der Waals surface area contributed by atoms with Crippen LogP contribution >= 0.6 is 0 Å². The zero-order valence-corrected chi connectivity index (χ0v) is 11.1.